The third-order valence-electron chi connectivity index (χ3n) is 8.27. The largest absolute Gasteiger partial charge is 0.184 e. The third-order valence-corrected chi connectivity index (χ3v) is 9.64. The predicted molar refractivity (Wildman–Crippen MR) is 197 cm³/mol. The Morgan fingerprint density at radius 2 is 1.24 bits per heavy atom. The summed E-state index contributed by atoms with van der Waals surface area (Å²) in [6, 6.07) is 57.7. The van der Waals surface area contributed by atoms with Crippen molar-refractivity contribution < 1.29 is 20.8 Å². The quantitative estimate of drug-likeness (QED) is 0.125. The normalized spacial score (nSPS) is 11.1. The van der Waals surface area contributed by atoms with E-state index >= 15 is 0 Å². The fourth-order valence-electron chi connectivity index (χ4n) is 6.18. The Balaban J connectivity index is 0.000000191. The molecule has 1 heterocycles. The van der Waals surface area contributed by atoms with Crippen LogP contribution in [-0.4, -0.2) is 9.52 Å². The third kappa shape index (κ3) is 7.12. The van der Waals surface area contributed by atoms with Crippen LogP contribution in [0.2, 0.25) is 0 Å². The Morgan fingerprint density at radius 3 is 1.96 bits per heavy atom. The van der Waals surface area contributed by atoms with Crippen LogP contribution < -0.4 is 10.4 Å². The van der Waals surface area contributed by atoms with Crippen molar-refractivity contribution in [2.45, 2.75) is 19.8 Å². The first-order valence-corrected chi connectivity index (χ1v) is 22.7. The predicted octanol–water partition coefficient (Wildman–Crippen LogP) is 11.2. The van der Waals surface area contributed by atoms with E-state index in [1.807, 2.05) is 6.07 Å². The van der Waals surface area contributed by atoms with Crippen molar-refractivity contribution in [1.82, 2.24) is 0 Å². The van der Waals surface area contributed by atoms with E-state index in [9.17, 15) is 0 Å². The summed E-state index contributed by atoms with van der Waals surface area (Å²) in [5.74, 6) is 0.462. The standard InChI is InChI=1S/C30H25.C12H7Si.2ClH.Zr/c1-21(2)26-15-9-10-16-28(26)30-27(23-13-7-4-8-14-23)18-17-24-19-25(20-29(24)30)22-11-5-3-6-12-22;1-3-7-11-9(5-1)10-6-2-4-8-12(10)13-11;;;/h3-21H,1-2H3;1-7H;2*1H;/q2*-1;;;+4/p-2. The Labute approximate surface area is 293 Å². The SMILES string of the molecule is CC(C)c1ccccc1-c1c(-c2ccccc2)ccc2[cH-]c(-c3ccccc3)cc12.[Cl][Zr+2][Cl].[c-]1cccc2c1[Si]c1ccccc1-2. The van der Waals surface area contributed by atoms with Crippen LogP contribution in [0.4, 0.5) is 0 Å². The van der Waals surface area contributed by atoms with Gasteiger partial charge in [-0.15, -0.1) is 40.1 Å². The molecular formula is C42H32Cl2SiZr. The fraction of sp³-hybridized carbons (Fsp3) is 0.0714. The van der Waals surface area contributed by atoms with Crippen molar-refractivity contribution in [3.8, 4) is 44.5 Å². The van der Waals surface area contributed by atoms with Crippen molar-refractivity contribution in [2.24, 2.45) is 0 Å². The van der Waals surface area contributed by atoms with Gasteiger partial charge in [0.25, 0.3) is 0 Å². The van der Waals surface area contributed by atoms with E-state index in [1.165, 1.54) is 71.2 Å². The van der Waals surface area contributed by atoms with Gasteiger partial charge < -0.3 is 0 Å². The smallest absolute Gasteiger partial charge is 0.0920 e. The maximum Gasteiger partial charge on any atom is 0.0920 e. The number of benzene rings is 6. The second-order valence-corrected chi connectivity index (χ2v) is 16.4. The molecule has 1 aliphatic rings. The molecule has 0 spiro atoms. The summed E-state index contributed by atoms with van der Waals surface area (Å²) in [7, 11) is 10.7. The molecular weight excluding hydrogens is 695 g/mol. The van der Waals surface area contributed by atoms with E-state index in [4.69, 9.17) is 17.0 Å². The first-order valence-electron chi connectivity index (χ1n) is 15.4. The van der Waals surface area contributed by atoms with Gasteiger partial charge in [0.05, 0.1) is 9.52 Å². The Bertz CT molecular complexity index is 2000. The van der Waals surface area contributed by atoms with E-state index in [2.05, 4.69) is 166 Å². The minimum absolute atomic E-state index is 0.462. The Hall–Kier alpha value is -3.39. The number of hydrogen-bond donors (Lipinski definition) is 0. The van der Waals surface area contributed by atoms with Gasteiger partial charge >= 0.3 is 37.9 Å². The van der Waals surface area contributed by atoms with Gasteiger partial charge in [0, 0.05) is 0 Å². The molecule has 0 N–H and O–H groups in total. The van der Waals surface area contributed by atoms with E-state index in [-0.39, 0.29) is 0 Å². The van der Waals surface area contributed by atoms with Crippen LogP contribution in [0.25, 0.3) is 55.3 Å². The van der Waals surface area contributed by atoms with Crippen LogP contribution in [0, 0.1) is 6.07 Å². The van der Waals surface area contributed by atoms with E-state index in [1.54, 1.807) is 0 Å². The van der Waals surface area contributed by atoms with Crippen molar-refractivity contribution in [3.63, 3.8) is 0 Å². The van der Waals surface area contributed by atoms with Gasteiger partial charge in [-0.3, -0.25) is 0 Å². The first-order chi connectivity index (χ1) is 22.6. The van der Waals surface area contributed by atoms with Crippen LogP contribution >= 0.6 is 17.0 Å². The summed E-state index contributed by atoms with van der Waals surface area (Å²) >= 11 is -0.826. The minimum Gasteiger partial charge on any atom is -0.184 e. The van der Waals surface area contributed by atoms with Crippen LogP contribution in [0.3, 0.4) is 0 Å². The fourth-order valence-corrected chi connectivity index (χ4v) is 7.49. The molecule has 1 aliphatic heterocycles. The van der Waals surface area contributed by atoms with Gasteiger partial charge in [-0.2, -0.15) is 29.5 Å². The molecule has 0 unspecified atom stereocenters. The van der Waals surface area contributed by atoms with Crippen LogP contribution in [-0.2, 0) is 20.8 Å². The zero-order chi connectivity index (χ0) is 31.9. The second kappa shape index (κ2) is 15.5. The minimum atomic E-state index is -0.826. The number of rotatable bonds is 4. The molecule has 0 amide bonds. The Morgan fingerprint density at radius 1 is 0.630 bits per heavy atom. The number of fused-ring (bicyclic) bond motifs is 4. The number of halogens is 2. The summed E-state index contributed by atoms with van der Waals surface area (Å²) in [6.07, 6.45) is 0. The molecule has 0 fully saturated rings. The average Bonchev–Trinajstić information content (AvgIpc) is 3.71. The number of hydrogen-bond acceptors (Lipinski definition) is 0. The van der Waals surface area contributed by atoms with Crippen LogP contribution in [0.15, 0.2) is 152 Å². The summed E-state index contributed by atoms with van der Waals surface area (Å²) < 4.78 is 0. The van der Waals surface area contributed by atoms with Gasteiger partial charge in [0.2, 0.25) is 0 Å². The molecule has 46 heavy (non-hydrogen) atoms. The molecule has 0 saturated carbocycles. The molecule has 4 heteroatoms. The molecule has 0 atom stereocenters. The summed E-state index contributed by atoms with van der Waals surface area (Å²) in [5, 5.41) is 5.44. The van der Waals surface area contributed by atoms with E-state index in [0.29, 0.717) is 5.92 Å². The van der Waals surface area contributed by atoms with Crippen molar-refractivity contribution in [2.75, 3.05) is 0 Å². The van der Waals surface area contributed by atoms with E-state index in [0.717, 1.165) is 9.52 Å². The maximum atomic E-state index is 4.93. The van der Waals surface area contributed by atoms with Crippen molar-refractivity contribution in [1.29, 1.82) is 0 Å². The topological polar surface area (TPSA) is 0 Å². The zero-order valence-corrected chi connectivity index (χ0v) is 30.7. The molecule has 0 bridgehead atoms. The van der Waals surface area contributed by atoms with Gasteiger partial charge in [0.15, 0.2) is 0 Å². The van der Waals surface area contributed by atoms with Crippen molar-refractivity contribution in [3.05, 3.63) is 163 Å². The molecule has 2 radical (unpaired) electrons. The summed E-state index contributed by atoms with van der Waals surface area (Å²) in [5.41, 5.74) is 11.9. The van der Waals surface area contributed by atoms with Gasteiger partial charge in [-0.1, -0.05) is 145 Å². The molecule has 0 saturated heterocycles. The summed E-state index contributed by atoms with van der Waals surface area (Å²) in [6.45, 7) is 4.56. The Kier molecular flexibility index (Phi) is 10.9. The van der Waals surface area contributed by atoms with Crippen LogP contribution in [0.5, 0.6) is 0 Å². The van der Waals surface area contributed by atoms with Gasteiger partial charge in [-0.25, -0.2) is 0 Å². The maximum absolute atomic E-state index is 4.93. The monoisotopic (exact) mass is 724 g/mol. The average molecular weight is 727 g/mol. The van der Waals surface area contributed by atoms with Gasteiger partial charge in [-0.05, 0) is 33.7 Å². The first kappa shape index (κ1) is 32.5. The zero-order valence-electron chi connectivity index (χ0n) is 25.8. The van der Waals surface area contributed by atoms with Crippen LogP contribution in [0.1, 0.15) is 25.3 Å². The molecule has 222 valence electrons. The molecule has 0 nitrogen and oxygen atoms in total. The molecule has 7 aromatic rings. The molecule has 0 aliphatic carbocycles. The second-order valence-electron chi connectivity index (χ2n) is 11.4. The van der Waals surface area contributed by atoms with Crippen molar-refractivity contribution >= 4 is 47.7 Å². The molecule has 8 rings (SSSR count). The molecule has 0 aromatic heterocycles. The molecule has 7 aromatic carbocycles. The summed E-state index contributed by atoms with van der Waals surface area (Å²) in [4.78, 5) is 0. The van der Waals surface area contributed by atoms with Gasteiger partial charge in [0.1, 0.15) is 0 Å². The van der Waals surface area contributed by atoms with E-state index < -0.39 is 20.8 Å².